The molecule has 9 nitrogen and oxygen atoms in total. The molecule has 1 atom stereocenters. The van der Waals surface area contributed by atoms with Gasteiger partial charge in [0.25, 0.3) is 5.56 Å². The normalized spacial score (nSPS) is 16.4. The number of fused-ring (bicyclic) bond motifs is 1. The number of rotatable bonds is 7. The highest BCUT2D eigenvalue weighted by atomic mass is 32.1. The second kappa shape index (κ2) is 9.56. The van der Waals surface area contributed by atoms with Gasteiger partial charge in [0, 0.05) is 25.6 Å². The van der Waals surface area contributed by atoms with E-state index < -0.39 is 11.2 Å². The predicted molar refractivity (Wildman–Crippen MR) is 121 cm³/mol. The van der Waals surface area contributed by atoms with Gasteiger partial charge >= 0.3 is 5.69 Å². The molecule has 3 aromatic rings. The molecule has 4 heterocycles. The van der Waals surface area contributed by atoms with Gasteiger partial charge in [-0.2, -0.15) is 0 Å². The number of carbonyl (C=O) groups excluding carboxylic acids is 2. The summed E-state index contributed by atoms with van der Waals surface area (Å²) in [7, 11) is 0. The molecule has 0 unspecified atom stereocenters. The zero-order chi connectivity index (χ0) is 22.7. The van der Waals surface area contributed by atoms with E-state index in [2.05, 4.69) is 5.32 Å². The van der Waals surface area contributed by atoms with Crippen molar-refractivity contribution < 1.29 is 14.0 Å². The number of thiophene rings is 1. The number of aromatic nitrogens is 2. The summed E-state index contributed by atoms with van der Waals surface area (Å²) in [5.41, 5.74) is -0.548. The van der Waals surface area contributed by atoms with Crippen LogP contribution in [0.3, 0.4) is 0 Å². The van der Waals surface area contributed by atoms with E-state index in [1.165, 1.54) is 22.2 Å². The van der Waals surface area contributed by atoms with Gasteiger partial charge in [0.15, 0.2) is 0 Å². The lowest BCUT2D eigenvalue weighted by molar-refractivity contribution is -0.135. The van der Waals surface area contributed by atoms with Crippen LogP contribution in [0.25, 0.3) is 10.2 Å². The van der Waals surface area contributed by atoms with Crippen LogP contribution in [-0.4, -0.2) is 38.4 Å². The molecule has 170 valence electrons. The van der Waals surface area contributed by atoms with Crippen molar-refractivity contribution in [3.05, 3.63) is 56.4 Å². The highest BCUT2D eigenvalue weighted by molar-refractivity contribution is 7.17. The molecule has 1 aliphatic rings. The van der Waals surface area contributed by atoms with E-state index in [9.17, 15) is 19.2 Å². The molecule has 0 bridgehead atoms. The quantitative estimate of drug-likeness (QED) is 0.582. The average molecular weight is 459 g/mol. The van der Waals surface area contributed by atoms with Gasteiger partial charge in [0.2, 0.25) is 11.8 Å². The molecule has 0 saturated carbocycles. The van der Waals surface area contributed by atoms with Gasteiger partial charge in [-0.3, -0.25) is 23.5 Å². The van der Waals surface area contributed by atoms with Crippen LogP contribution < -0.4 is 16.6 Å². The summed E-state index contributed by atoms with van der Waals surface area (Å²) in [6.45, 7) is 2.74. The first-order chi connectivity index (χ1) is 15.5. The van der Waals surface area contributed by atoms with Gasteiger partial charge in [0.1, 0.15) is 17.0 Å². The number of hydrogen-bond donors (Lipinski definition) is 1. The molecular weight excluding hydrogens is 432 g/mol. The summed E-state index contributed by atoms with van der Waals surface area (Å²) in [5.74, 6) is 0.181. The summed E-state index contributed by atoms with van der Waals surface area (Å²) in [5, 5.41) is 4.44. The van der Waals surface area contributed by atoms with Crippen molar-refractivity contribution >= 4 is 33.4 Å². The minimum atomic E-state index is -0.572. The van der Waals surface area contributed by atoms with Crippen molar-refractivity contribution in [2.75, 3.05) is 6.54 Å². The molecule has 10 heteroatoms. The zero-order valence-electron chi connectivity index (χ0n) is 17.9. The van der Waals surface area contributed by atoms with Gasteiger partial charge < -0.3 is 14.6 Å². The Hall–Kier alpha value is -3.14. The number of likely N-dealkylation sites (tertiary alicyclic amines) is 1. The Kier molecular flexibility index (Phi) is 6.59. The zero-order valence-corrected chi connectivity index (χ0v) is 18.7. The lowest BCUT2D eigenvalue weighted by atomic mass is 10.0. The van der Waals surface area contributed by atoms with Crippen molar-refractivity contribution in [3.8, 4) is 0 Å². The Morgan fingerprint density at radius 2 is 2.06 bits per heavy atom. The first-order valence-electron chi connectivity index (χ1n) is 10.7. The van der Waals surface area contributed by atoms with Gasteiger partial charge in [-0.25, -0.2) is 4.79 Å². The third kappa shape index (κ3) is 4.55. The number of piperidine rings is 1. The third-order valence-electron chi connectivity index (χ3n) is 5.86. The predicted octanol–water partition coefficient (Wildman–Crippen LogP) is 1.93. The fourth-order valence-corrected chi connectivity index (χ4v) is 4.92. The first kappa shape index (κ1) is 22.1. The summed E-state index contributed by atoms with van der Waals surface area (Å²) in [6.07, 6.45) is 4.47. The Labute approximate surface area is 188 Å². The number of nitrogens with one attached hydrogen (secondary N) is 1. The maximum absolute atomic E-state index is 13.2. The summed E-state index contributed by atoms with van der Waals surface area (Å²) >= 11 is 1.23. The summed E-state index contributed by atoms with van der Waals surface area (Å²) in [6, 6.07) is 5.30. The molecule has 2 amide bonds. The van der Waals surface area contributed by atoms with Crippen LogP contribution in [0, 0.1) is 0 Å². The van der Waals surface area contributed by atoms with Gasteiger partial charge in [-0.05, 0) is 49.8 Å². The van der Waals surface area contributed by atoms with Crippen LogP contribution >= 0.6 is 11.3 Å². The minimum absolute atomic E-state index is 0.0379. The Morgan fingerprint density at radius 1 is 1.22 bits per heavy atom. The highest BCUT2D eigenvalue weighted by Crippen LogP contribution is 2.19. The van der Waals surface area contributed by atoms with Crippen molar-refractivity contribution in [3.63, 3.8) is 0 Å². The minimum Gasteiger partial charge on any atom is -0.467 e. The van der Waals surface area contributed by atoms with Crippen molar-refractivity contribution in [1.82, 2.24) is 19.4 Å². The van der Waals surface area contributed by atoms with E-state index in [0.717, 1.165) is 23.8 Å². The first-order valence-corrected chi connectivity index (χ1v) is 11.6. The number of furan rings is 1. The Balaban J connectivity index is 1.54. The molecular formula is C22H26N4O5S. The van der Waals surface area contributed by atoms with Crippen LogP contribution in [0.1, 0.15) is 38.4 Å². The fraction of sp³-hybridized carbons (Fsp3) is 0.455. The fourth-order valence-electron chi connectivity index (χ4n) is 4.08. The molecule has 0 aromatic carbocycles. The number of hydrogen-bond acceptors (Lipinski definition) is 6. The van der Waals surface area contributed by atoms with E-state index in [1.54, 1.807) is 23.6 Å². The third-order valence-corrected chi connectivity index (χ3v) is 6.75. The molecule has 0 spiro atoms. The topological polar surface area (TPSA) is 107 Å². The van der Waals surface area contributed by atoms with Crippen LogP contribution in [0.5, 0.6) is 0 Å². The molecule has 1 aliphatic heterocycles. The van der Waals surface area contributed by atoms with Crippen LogP contribution in [0.2, 0.25) is 0 Å². The van der Waals surface area contributed by atoms with E-state index in [0.29, 0.717) is 22.5 Å². The van der Waals surface area contributed by atoms with Crippen molar-refractivity contribution in [1.29, 1.82) is 0 Å². The highest BCUT2D eigenvalue weighted by Gasteiger charge is 2.25. The van der Waals surface area contributed by atoms with Gasteiger partial charge in [0.05, 0.1) is 18.3 Å². The van der Waals surface area contributed by atoms with E-state index in [1.807, 2.05) is 11.8 Å². The molecule has 0 radical (unpaired) electrons. The monoisotopic (exact) mass is 458 g/mol. The maximum atomic E-state index is 13.2. The molecule has 3 aromatic heterocycles. The van der Waals surface area contributed by atoms with E-state index >= 15 is 0 Å². The van der Waals surface area contributed by atoms with Crippen LogP contribution in [0.4, 0.5) is 0 Å². The maximum Gasteiger partial charge on any atom is 0.332 e. The molecule has 32 heavy (non-hydrogen) atoms. The van der Waals surface area contributed by atoms with Crippen LogP contribution in [0.15, 0.2) is 43.8 Å². The molecule has 1 saturated heterocycles. The smallest absolute Gasteiger partial charge is 0.332 e. The largest absolute Gasteiger partial charge is 0.467 e. The standard InChI is InChI=1S/C22H26N4O5S/c1-15-5-2-3-9-24(15)19(28)14-26-17-8-12-32-20(17)21(29)25(22(26)30)10-7-18(27)23-13-16-6-4-11-31-16/h4,6,8,11-12,15H,2-3,5,7,9-10,13-14H2,1H3,(H,23,27)/t15-/m0/s1. The second-order valence-electron chi connectivity index (χ2n) is 8.00. The number of nitrogens with zero attached hydrogens (tertiary/aromatic N) is 3. The molecule has 0 aliphatic carbocycles. The summed E-state index contributed by atoms with van der Waals surface area (Å²) < 4.78 is 7.99. The molecule has 4 rings (SSSR count). The van der Waals surface area contributed by atoms with Crippen molar-refractivity contribution in [2.45, 2.75) is 58.3 Å². The Morgan fingerprint density at radius 3 is 2.81 bits per heavy atom. The van der Waals surface area contributed by atoms with Gasteiger partial charge in [-0.1, -0.05) is 0 Å². The SMILES string of the molecule is C[C@H]1CCCCN1C(=O)Cn1c(=O)n(CCC(=O)NCc2ccco2)c(=O)c2sccc21. The van der Waals surface area contributed by atoms with E-state index in [4.69, 9.17) is 4.42 Å². The van der Waals surface area contributed by atoms with Crippen LogP contribution in [-0.2, 0) is 29.2 Å². The number of amides is 2. The molecule has 1 fully saturated rings. The summed E-state index contributed by atoms with van der Waals surface area (Å²) in [4.78, 5) is 53.0. The Bertz CT molecular complexity index is 1220. The second-order valence-corrected chi connectivity index (χ2v) is 8.91. The van der Waals surface area contributed by atoms with E-state index in [-0.39, 0.29) is 43.9 Å². The number of carbonyl (C=O) groups is 2. The average Bonchev–Trinajstić information content (AvgIpc) is 3.47. The lowest BCUT2D eigenvalue weighted by Gasteiger charge is -2.33. The molecule has 1 N–H and O–H groups in total. The van der Waals surface area contributed by atoms with Crippen molar-refractivity contribution in [2.24, 2.45) is 0 Å². The lowest BCUT2D eigenvalue weighted by Crippen LogP contribution is -2.47. The van der Waals surface area contributed by atoms with Gasteiger partial charge in [-0.15, -0.1) is 11.3 Å².